The summed E-state index contributed by atoms with van der Waals surface area (Å²) in [6.45, 7) is 2.75. The summed E-state index contributed by atoms with van der Waals surface area (Å²) < 4.78 is 1.47. The van der Waals surface area contributed by atoms with E-state index in [1.54, 1.807) is 6.07 Å². The number of aliphatic hydroxyl groups excluding tert-OH is 1. The standard InChI is InChI=1S/C12H17N5O2S/c1-2-9(3-5-18)7-13-12(19)11-10(4-6-20-11)17-8-14-15-16-17/h4,6,8-9,18H,2-3,5,7H2,1H3,(H,13,19). The van der Waals surface area contributed by atoms with Crippen LogP contribution in [0.1, 0.15) is 29.4 Å². The molecule has 0 fully saturated rings. The van der Waals surface area contributed by atoms with Gasteiger partial charge >= 0.3 is 0 Å². The molecule has 0 aromatic carbocycles. The average molecular weight is 295 g/mol. The molecule has 0 bridgehead atoms. The second-order valence-corrected chi connectivity index (χ2v) is 5.30. The highest BCUT2D eigenvalue weighted by Gasteiger charge is 2.16. The molecule has 108 valence electrons. The number of aliphatic hydroxyl groups is 1. The lowest BCUT2D eigenvalue weighted by molar-refractivity contribution is 0.0947. The Labute approximate surface area is 120 Å². The fourth-order valence-electron chi connectivity index (χ4n) is 1.87. The smallest absolute Gasteiger partial charge is 0.263 e. The Morgan fingerprint density at radius 3 is 3.10 bits per heavy atom. The van der Waals surface area contributed by atoms with E-state index in [0.29, 0.717) is 29.4 Å². The first-order chi connectivity index (χ1) is 9.76. The number of rotatable bonds is 7. The summed E-state index contributed by atoms with van der Waals surface area (Å²) in [5.41, 5.74) is 0.674. The van der Waals surface area contributed by atoms with Gasteiger partial charge in [-0.25, -0.2) is 0 Å². The molecule has 0 aliphatic heterocycles. The van der Waals surface area contributed by atoms with E-state index >= 15 is 0 Å². The molecule has 1 unspecified atom stereocenters. The third-order valence-electron chi connectivity index (χ3n) is 3.11. The van der Waals surface area contributed by atoms with Crippen molar-refractivity contribution in [1.29, 1.82) is 0 Å². The zero-order chi connectivity index (χ0) is 14.4. The molecule has 2 aromatic rings. The van der Waals surface area contributed by atoms with Crippen LogP contribution in [0.5, 0.6) is 0 Å². The molecule has 0 saturated carbocycles. The van der Waals surface area contributed by atoms with Crippen LogP contribution in [0.25, 0.3) is 5.69 Å². The van der Waals surface area contributed by atoms with E-state index in [4.69, 9.17) is 5.11 Å². The van der Waals surface area contributed by atoms with Crippen LogP contribution in [-0.4, -0.2) is 44.4 Å². The van der Waals surface area contributed by atoms with E-state index in [0.717, 1.165) is 6.42 Å². The molecule has 2 rings (SSSR count). The monoisotopic (exact) mass is 295 g/mol. The molecule has 0 spiro atoms. The molecule has 20 heavy (non-hydrogen) atoms. The summed E-state index contributed by atoms with van der Waals surface area (Å²) in [4.78, 5) is 12.8. The van der Waals surface area contributed by atoms with Crippen LogP contribution in [0, 0.1) is 5.92 Å². The van der Waals surface area contributed by atoms with Crippen molar-refractivity contribution >= 4 is 17.2 Å². The number of thiophene rings is 1. The summed E-state index contributed by atoms with van der Waals surface area (Å²) in [6.07, 6.45) is 3.08. The van der Waals surface area contributed by atoms with Crippen LogP contribution in [-0.2, 0) is 0 Å². The van der Waals surface area contributed by atoms with E-state index < -0.39 is 0 Å². The molecule has 1 amide bonds. The van der Waals surface area contributed by atoms with Crippen molar-refractivity contribution in [3.8, 4) is 5.69 Å². The Hall–Kier alpha value is -1.80. The highest BCUT2D eigenvalue weighted by molar-refractivity contribution is 7.12. The zero-order valence-corrected chi connectivity index (χ0v) is 12.0. The number of hydrogen-bond donors (Lipinski definition) is 2. The summed E-state index contributed by atoms with van der Waals surface area (Å²) in [6, 6.07) is 1.81. The molecular weight excluding hydrogens is 278 g/mol. The third kappa shape index (κ3) is 3.40. The zero-order valence-electron chi connectivity index (χ0n) is 11.2. The molecule has 0 saturated heterocycles. The Bertz CT molecular complexity index is 540. The Balaban J connectivity index is 2.02. The Kier molecular flexibility index (Phi) is 5.19. The van der Waals surface area contributed by atoms with Gasteiger partial charge in [0.1, 0.15) is 11.2 Å². The Morgan fingerprint density at radius 2 is 2.45 bits per heavy atom. The van der Waals surface area contributed by atoms with Crippen LogP contribution < -0.4 is 5.32 Å². The van der Waals surface area contributed by atoms with Gasteiger partial charge in [-0.1, -0.05) is 13.3 Å². The molecule has 2 heterocycles. The van der Waals surface area contributed by atoms with Crippen LogP contribution in [0.2, 0.25) is 0 Å². The van der Waals surface area contributed by atoms with E-state index in [2.05, 4.69) is 20.8 Å². The number of tetrazole rings is 1. The van der Waals surface area contributed by atoms with Crippen molar-refractivity contribution in [1.82, 2.24) is 25.5 Å². The van der Waals surface area contributed by atoms with Crippen LogP contribution >= 0.6 is 11.3 Å². The minimum atomic E-state index is -0.137. The predicted molar refractivity (Wildman–Crippen MR) is 74.8 cm³/mol. The number of amides is 1. The second-order valence-electron chi connectivity index (χ2n) is 4.39. The highest BCUT2D eigenvalue weighted by atomic mass is 32.1. The van der Waals surface area contributed by atoms with Crippen molar-refractivity contribution in [3.63, 3.8) is 0 Å². The number of nitrogens with zero attached hydrogens (tertiary/aromatic N) is 4. The van der Waals surface area contributed by atoms with Gasteiger partial charge in [0.05, 0.1) is 5.69 Å². The first kappa shape index (κ1) is 14.6. The van der Waals surface area contributed by atoms with E-state index in [9.17, 15) is 4.79 Å². The second kappa shape index (κ2) is 7.11. The van der Waals surface area contributed by atoms with Gasteiger partial charge in [-0.15, -0.1) is 16.4 Å². The molecule has 7 nitrogen and oxygen atoms in total. The summed E-state index contributed by atoms with van der Waals surface area (Å²) in [5, 5.41) is 24.6. The first-order valence-corrected chi connectivity index (χ1v) is 7.34. The third-order valence-corrected chi connectivity index (χ3v) is 4.01. The maximum Gasteiger partial charge on any atom is 0.263 e. The number of carbonyl (C=O) groups is 1. The maximum atomic E-state index is 12.2. The van der Waals surface area contributed by atoms with Gasteiger partial charge in [-0.3, -0.25) is 4.79 Å². The SMILES string of the molecule is CCC(CCO)CNC(=O)c1sccc1-n1cnnn1. The maximum absolute atomic E-state index is 12.2. The van der Waals surface area contributed by atoms with Crippen LogP contribution in [0.4, 0.5) is 0 Å². The van der Waals surface area contributed by atoms with Gasteiger partial charge in [-0.2, -0.15) is 4.68 Å². The van der Waals surface area contributed by atoms with Gasteiger partial charge in [0, 0.05) is 13.2 Å². The van der Waals surface area contributed by atoms with E-state index in [1.165, 1.54) is 22.3 Å². The molecule has 0 aliphatic rings. The van der Waals surface area contributed by atoms with Crippen molar-refractivity contribution in [2.24, 2.45) is 5.92 Å². The van der Waals surface area contributed by atoms with Crippen LogP contribution in [0.15, 0.2) is 17.8 Å². The molecular formula is C12H17N5O2S. The van der Waals surface area contributed by atoms with E-state index in [-0.39, 0.29) is 12.5 Å². The lowest BCUT2D eigenvalue weighted by atomic mass is 10.0. The fourth-order valence-corrected chi connectivity index (χ4v) is 2.67. The normalized spacial score (nSPS) is 12.3. The predicted octanol–water partition coefficient (Wildman–Crippen LogP) is 0.862. The topological polar surface area (TPSA) is 92.9 Å². The molecule has 2 N–H and O–H groups in total. The van der Waals surface area contributed by atoms with Crippen LogP contribution in [0.3, 0.4) is 0 Å². The van der Waals surface area contributed by atoms with Crippen molar-refractivity contribution < 1.29 is 9.90 Å². The molecule has 8 heteroatoms. The number of carbonyl (C=O) groups excluding carboxylic acids is 1. The highest BCUT2D eigenvalue weighted by Crippen LogP contribution is 2.20. The van der Waals surface area contributed by atoms with Crippen molar-refractivity contribution in [2.75, 3.05) is 13.2 Å². The lowest BCUT2D eigenvalue weighted by Gasteiger charge is -2.14. The minimum absolute atomic E-state index is 0.137. The fraction of sp³-hybridized carbons (Fsp3) is 0.500. The van der Waals surface area contributed by atoms with Gasteiger partial charge < -0.3 is 10.4 Å². The molecule has 1 atom stereocenters. The van der Waals surface area contributed by atoms with Crippen molar-refractivity contribution in [3.05, 3.63) is 22.7 Å². The molecule has 2 aromatic heterocycles. The van der Waals surface area contributed by atoms with Gasteiger partial charge in [0.25, 0.3) is 5.91 Å². The number of aromatic nitrogens is 4. The number of hydrogen-bond acceptors (Lipinski definition) is 6. The quantitative estimate of drug-likeness (QED) is 0.790. The van der Waals surface area contributed by atoms with Crippen molar-refractivity contribution in [2.45, 2.75) is 19.8 Å². The Morgan fingerprint density at radius 1 is 1.60 bits per heavy atom. The summed E-state index contributed by atoms with van der Waals surface area (Å²) >= 11 is 1.35. The molecule has 0 aliphatic carbocycles. The minimum Gasteiger partial charge on any atom is -0.396 e. The first-order valence-electron chi connectivity index (χ1n) is 6.46. The molecule has 0 radical (unpaired) electrons. The lowest BCUT2D eigenvalue weighted by Crippen LogP contribution is -2.29. The summed E-state index contributed by atoms with van der Waals surface area (Å²) in [7, 11) is 0. The van der Waals surface area contributed by atoms with Gasteiger partial charge in [0.2, 0.25) is 0 Å². The van der Waals surface area contributed by atoms with E-state index in [1.807, 2.05) is 12.3 Å². The van der Waals surface area contributed by atoms with Gasteiger partial charge in [-0.05, 0) is 34.2 Å². The average Bonchev–Trinajstić information content (AvgIpc) is 3.12. The summed E-state index contributed by atoms with van der Waals surface area (Å²) in [5.74, 6) is 0.155. The largest absolute Gasteiger partial charge is 0.396 e. The number of nitrogens with one attached hydrogen (secondary N) is 1. The van der Waals surface area contributed by atoms with Gasteiger partial charge in [0.15, 0.2) is 0 Å².